The van der Waals surface area contributed by atoms with Crippen LogP contribution in [-0.2, 0) is 0 Å². The number of rotatable bonds is 0. The van der Waals surface area contributed by atoms with Gasteiger partial charge in [-0.15, -0.1) is 18.5 Å². The van der Waals surface area contributed by atoms with Crippen molar-refractivity contribution in [1.29, 1.82) is 0 Å². The standard InChI is InChI=1S/C9H17NOP2/c11-10-2-6-4-1-5(7(6)3-10)9(13)8(4)12/h4-9,11H,1-3,12-13H2. The van der Waals surface area contributed by atoms with Gasteiger partial charge in [-0.1, -0.05) is 0 Å². The third kappa shape index (κ3) is 1.10. The summed E-state index contributed by atoms with van der Waals surface area (Å²) >= 11 is 0. The lowest BCUT2D eigenvalue weighted by Crippen LogP contribution is -2.34. The number of hydrogen-bond acceptors (Lipinski definition) is 2. The molecule has 0 aromatic rings. The monoisotopic (exact) mass is 217 g/mol. The zero-order valence-corrected chi connectivity index (χ0v) is 9.94. The van der Waals surface area contributed by atoms with Crippen LogP contribution >= 0.6 is 18.5 Å². The average Bonchev–Trinajstić information content (AvgIpc) is 2.64. The summed E-state index contributed by atoms with van der Waals surface area (Å²) in [7, 11) is 6.03. The summed E-state index contributed by atoms with van der Waals surface area (Å²) in [5.41, 5.74) is 1.56. The summed E-state index contributed by atoms with van der Waals surface area (Å²) in [5.74, 6) is 3.29. The number of nitrogens with zero attached hydrogens (tertiary/aromatic N) is 1. The third-order valence-corrected chi connectivity index (χ3v) is 6.79. The molecule has 3 fully saturated rings. The highest BCUT2D eigenvalue weighted by molar-refractivity contribution is 7.23. The van der Waals surface area contributed by atoms with Crippen LogP contribution in [-0.4, -0.2) is 34.7 Å². The van der Waals surface area contributed by atoms with Crippen LogP contribution in [0.4, 0.5) is 0 Å². The molecule has 3 aliphatic rings. The first-order valence-corrected chi connectivity index (χ1v) is 6.47. The van der Waals surface area contributed by atoms with Crippen molar-refractivity contribution < 1.29 is 5.21 Å². The van der Waals surface area contributed by atoms with E-state index >= 15 is 0 Å². The molecular formula is C9H17NOP2. The Balaban J connectivity index is 1.88. The van der Waals surface area contributed by atoms with Gasteiger partial charge < -0.3 is 5.21 Å². The summed E-state index contributed by atoms with van der Waals surface area (Å²) in [6.07, 6.45) is 1.41. The van der Waals surface area contributed by atoms with E-state index in [0.717, 1.165) is 48.1 Å². The number of fused-ring (bicyclic) bond motifs is 5. The van der Waals surface area contributed by atoms with Gasteiger partial charge in [-0.2, -0.15) is 5.06 Å². The molecule has 2 bridgehead atoms. The topological polar surface area (TPSA) is 23.5 Å². The first-order valence-electron chi connectivity index (χ1n) is 5.13. The molecule has 8 atom stereocenters. The maximum absolute atomic E-state index is 9.49. The maximum Gasteiger partial charge on any atom is 0.0272 e. The van der Waals surface area contributed by atoms with Crippen LogP contribution in [0, 0.1) is 23.7 Å². The lowest BCUT2D eigenvalue weighted by molar-refractivity contribution is -0.0769. The van der Waals surface area contributed by atoms with Crippen LogP contribution in [0.15, 0.2) is 0 Å². The fraction of sp³-hybridized carbons (Fsp3) is 1.00. The van der Waals surface area contributed by atoms with E-state index < -0.39 is 0 Å². The predicted octanol–water partition coefficient (Wildman–Crippen LogP) is 1.06. The summed E-state index contributed by atoms with van der Waals surface area (Å²) in [5, 5.41) is 11.0. The van der Waals surface area contributed by atoms with Crippen molar-refractivity contribution >= 4 is 18.5 Å². The first-order chi connectivity index (χ1) is 6.18. The highest BCUT2D eigenvalue weighted by Gasteiger charge is 2.57. The van der Waals surface area contributed by atoms with Crippen molar-refractivity contribution in [3.05, 3.63) is 0 Å². The number of hydrogen-bond donors (Lipinski definition) is 1. The molecule has 0 aromatic carbocycles. The highest BCUT2D eigenvalue weighted by Crippen LogP contribution is 2.59. The second kappa shape index (κ2) is 2.89. The van der Waals surface area contributed by atoms with Crippen LogP contribution in [0.2, 0.25) is 0 Å². The van der Waals surface area contributed by atoms with Gasteiger partial charge >= 0.3 is 0 Å². The molecule has 2 nitrogen and oxygen atoms in total. The van der Waals surface area contributed by atoms with Gasteiger partial charge in [0.15, 0.2) is 0 Å². The Bertz CT molecular complexity index is 212. The van der Waals surface area contributed by atoms with Crippen LogP contribution in [0.25, 0.3) is 0 Å². The Kier molecular flexibility index (Phi) is 2.01. The maximum atomic E-state index is 9.49. The minimum Gasteiger partial charge on any atom is -0.314 e. The molecule has 1 N–H and O–H groups in total. The third-order valence-electron chi connectivity index (χ3n) is 4.47. The minimum atomic E-state index is 0.780. The van der Waals surface area contributed by atoms with Gasteiger partial charge in [0.05, 0.1) is 0 Å². The second-order valence-corrected chi connectivity index (χ2v) is 6.46. The molecule has 0 amide bonds. The molecule has 0 aromatic heterocycles. The lowest BCUT2D eigenvalue weighted by Gasteiger charge is -2.33. The normalized spacial score (nSPS) is 60.2. The molecule has 0 spiro atoms. The van der Waals surface area contributed by atoms with Crippen LogP contribution in [0.1, 0.15) is 6.42 Å². The Morgan fingerprint density at radius 1 is 0.923 bits per heavy atom. The van der Waals surface area contributed by atoms with E-state index in [4.69, 9.17) is 0 Å². The van der Waals surface area contributed by atoms with Crippen LogP contribution in [0.3, 0.4) is 0 Å². The molecule has 2 aliphatic carbocycles. The molecule has 1 saturated heterocycles. The van der Waals surface area contributed by atoms with E-state index in [-0.39, 0.29) is 0 Å². The van der Waals surface area contributed by atoms with Gasteiger partial charge in [-0.25, -0.2) is 0 Å². The zero-order chi connectivity index (χ0) is 9.16. The Morgan fingerprint density at radius 3 is 1.85 bits per heavy atom. The van der Waals surface area contributed by atoms with E-state index in [9.17, 15) is 5.21 Å². The highest BCUT2D eigenvalue weighted by atomic mass is 31.0. The van der Waals surface area contributed by atoms with E-state index in [1.165, 1.54) is 11.5 Å². The summed E-state index contributed by atoms with van der Waals surface area (Å²) in [6, 6.07) is 0. The van der Waals surface area contributed by atoms with Crippen molar-refractivity contribution in [3.8, 4) is 0 Å². The van der Waals surface area contributed by atoms with Crippen LogP contribution < -0.4 is 0 Å². The van der Waals surface area contributed by atoms with Crippen molar-refractivity contribution in [3.63, 3.8) is 0 Å². The van der Waals surface area contributed by atoms with Gasteiger partial charge in [0, 0.05) is 13.1 Å². The van der Waals surface area contributed by atoms with E-state index in [2.05, 4.69) is 18.5 Å². The first kappa shape index (κ1) is 9.04. The molecule has 4 heteroatoms. The summed E-state index contributed by atoms with van der Waals surface area (Å²) in [4.78, 5) is 0. The molecule has 0 radical (unpaired) electrons. The molecule has 74 valence electrons. The molecule has 3 rings (SSSR count). The van der Waals surface area contributed by atoms with Crippen molar-refractivity contribution in [1.82, 2.24) is 5.06 Å². The lowest BCUT2D eigenvalue weighted by atomic mass is 9.81. The van der Waals surface area contributed by atoms with Crippen molar-refractivity contribution in [2.75, 3.05) is 13.1 Å². The smallest absolute Gasteiger partial charge is 0.0272 e. The molecule has 8 unspecified atom stereocenters. The number of hydroxylamine groups is 2. The second-order valence-electron chi connectivity index (χ2n) is 4.92. The van der Waals surface area contributed by atoms with Gasteiger partial charge in [-0.05, 0) is 41.4 Å². The minimum absolute atomic E-state index is 0.780. The Labute approximate surface area is 83.8 Å². The average molecular weight is 217 g/mol. The Morgan fingerprint density at radius 2 is 1.38 bits per heavy atom. The van der Waals surface area contributed by atoms with Gasteiger partial charge in [0.1, 0.15) is 0 Å². The van der Waals surface area contributed by atoms with E-state index in [1.807, 2.05) is 0 Å². The molecule has 2 saturated carbocycles. The van der Waals surface area contributed by atoms with E-state index in [1.54, 1.807) is 0 Å². The van der Waals surface area contributed by atoms with Crippen LogP contribution in [0.5, 0.6) is 0 Å². The molecular weight excluding hydrogens is 200 g/mol. The van der Waals surface area contributed by atoms with Gasteiger partial charge in [0.2, 0.25) is 0 Å². The summed E-state index contributed by atoms with van der Waals surface area (Å²) in [6.45, 7) is 1.85. The largest absolute Gasteiger partial charge is 0.314 e. The van der Waals surface area contributed by atoms with Gasteiger partial charge in [0.25, 0.3) is 0 Å². The van der Waals surface area contributed by atoms with Crippen molar-refractivity contribution in [2.45, 2.75) is 17.7 Å². The van der Waals surface area contributed by atoms with E-state index in [0.29, 0.717) is 0 Å². The predicted molar refractivity (Wildman–Crippen MR) is 58.9 cm³/mol. The molecule has 13 heavy (non-hydrogen) atoms. The van der Waals surface area contributed by atoms with Gasteiger partial charge in [-0.3, -0.25) is 0 Å². The summed E-state index contributed by atoms with van der Waals surface area (Å²) < 4.78 is 0. The van der Waals surface area contributed by atoms with Crippen molar-refractivity contribution in [2.24, 2.45) is 23.7 Å². The zero-order valence-electron chi connectivity index (χ0n) is 7.63. The molecule has 1 aliphatic heterocycles. The fourth-order valence-corrected chi connectivity index (χ4v) is 5.31. The SMILES string of the molecule is ON1CC2C3CC(C(P)C3P)C2C1. The quantitative estimate of drug-likeness (QED) is 0.613. The molecule has 1 heterocycles. The fourth-order valence-electron chi connectivity index (χ4n) is 3.86. The Hall–Kier alpha value is 0.780.